The van der Waals surface area contributed by atoms with Crippen LogP contribution in [-0.4, -0.2) is 88.8 Å². The quantitative estimate of drug-likeness (QED) is 0.458. The molecule has 6 rings (SSSR count). The number of rotatable bonds is 6. The minimum Gasteiger partial charge on any atom is -0.438 e. The van der Waals surface area contributed by atoms with Crippen molar-refractivity contribution in [3.8, 4) is 11.1 Å². The summed E-state index contributed by atoms with van der Waals surface area (Å²) >= 11 is 0. The van der Waals surface area contributed by atoms with Gasteiger partial charge in [0.15, 0.2) is 11.2 Å². The number of fused-ring (bicyclic) bond motifs is 1. The molecule has 0 spiro atoms. The molecule has 0 saturated carbocycles. The Morgan fingerprint density at radius 1 is 1.13 bits per heavy atom. The molecule has 0 radical (unpaired) electrons. The molecule has 3 aromatic rings. The molecule has 0 bridgehead atoms. The van der Waals surface area contributed by atoms with Gasteiger partial charge in [-0.05, 0) is 37.8 Å². The van der Waals surface area contributed by atoms with Crippen molar-refractivity contribution in [2.75, 3.05) is 57.5 Å². The maximum absolute atomic E-state index is 12.5. The summed E-state index contributed by atoms with van der Waals surface area (Å²) in [6.07, 6.45) is 7.70. The van der Waals surface area contributed by atoms with E-state index in [1.54, 1.807) is 9.42 Å². The van der Waals surface area contributed by atoms with Gasteiger partial charge >= 0.3 is 6.09 Å². The van der Waals surface area contributed by atoms with Crippen LogP contribution in [0.5, 0.6) is 0 Å². The number of hydrogen-bond donors (Lipinski definition) is 0. The Labute approximate surface area is 230 Å². The monoisotopic (exact) mass is 536 g/mol. The van der Waals surface area contributed by atoms with Crippen molar-refractivity contribution in [1.82, 2.24) is 24.5 Å². The van der Waals surface area contributed by atoms with E-state index >= 15 is 0 Å². The second-order valence-electron chi connectivity index (χ2n) is 11.0. The molecule has 0 N–H and O–H groups in total. The molecule has 6 heterocycles. The van der Waals surface area contributed by atoms with Crippen LogP contribution in [0.15, 0.2) is 36.8 Å². The van der Waals surface area contributed by atoms with Crippen LogP contribution in [0.2, 0.25) is 0 Å². The normalized spacial score (nSPS) is 19.5. The Kier molecular flexibility index (Phi) is 8.32. The first kappa shape index (κ1) is 27.3. The largest absolute Gasteiger partial charge is 0.438 e. The van der Waals surface area contributed by atoms with Gasteiger partial charge in [-0.3, -0.25) is 4.98 Å². The molecule has 1 unspecified atom stereocenters. The Morgan fingerprint density at radius 3 is 2.49 bits per heavy atom. The van der Waals surface area contributed by atoms with Gasteiger partial charge in [0.1, 0.15) is 5.82 Å². The van der Waals surface area contributed by atoms with E-state index in [-0.39, 0.29) is 6.09 Å². The minimum absolute atomic E-state index is 0.268. The fourth-order valence-electron chi connectivity index (χ4n) is 4.82. The fourth-order valence-corrected chi connectivity index (χ4v) is 4.82. The Bertz CT molecular complexity index is 1260. The number of ether oxygens (including phenoxy) is 3. The molecular formula is C29H40N6O4. The van der Waals surface area contributed by atoms with Gasteiger partial charge < -0.3 is 24.0 Å². The van der Waals surface area contributed by atoms with Crippen molar-refractivity contribution >= 4 is 17.6 Å². The molecule has 0 aliphatic carbocycles. The summed E-state index contributed by atoms with van der Waals surface area (Å²) in [7, 11) is 0. The number of piperazine rings is 1. The van der Waals surface area contributed by atoms with Crippen LogP contribution in [0.1, 0.15) is 52.1 Å². The van der Waals surface area contributed by atoms with Crippen molar-refractivity contribution in [2.45, 2.75) is 52.1 Å². The lowest BCUT2D eigenvalue weighted by atomic mass is 9.96. The number of amides is 1. The highest BCUT2D eigenvalue weighted by Crippen LogP contribution is 2.32. The lowest BCUT2D eigenvalue weighted by Crippen LogP contribution is -2.55. The maximum Gasteiger partial charge on any atom is 0.410 e. The van der Waals surface area contributed by atoms with E-state index in [4.69, 9.17) is 19.2 Å². The molecule has 1 amide bonds. The zero-order chi connectivity index (χ0) is 27.4. The van der Waals surface area contributed by atoms with Crippen molar-refractivity contribution < 1.29 is 19.0 Å². The molecule has 210 valence electrons. The highest BCUT2D eigenvalue weighted by molar-refractivity contribution is 5.79. The zero-order valence-electron chi connectivity index (χ0n) is 23.5. The van der Waals surface area contributed by atoms with E-state index in [0.717, 1.165) is 53.8 Å². The molecule has 3 saturated heterocycles. The molecule has 3 fully saturated rings. The SMILES string of the molecule is CCC(C)c1ncccc1-c1cnn2ccc(N3CCN(C(=O)OC4(C)COC4)CC3)nc12.CCC1COC1. The van der Waals surface area contributed by atoms with E-state index < -0.39 is 5.60 Å². The molecule has 10 heteroatoms. The van der Waals surface area contributed by atoms with E-state index in [0.29, 0.717) is 45.3 Å². The van der Waals surface area contributed by atoms with Gasteiger partial charge in [0, 0.05) is 55.6 Å². The summed E-state index contributed by atoms with van der Waals surface area (Å²) in [6, 6.07) is 6.03. The van der Waals surface area contributed by atoms with Crippen molar-refractivity contribution in [3.63, 3.8) is 0 Å². The number of anilines is 1. The number of nitrogens with zero attached hydrogens (tertiary/aromatic N) is 6. The summed E-state index contributed by atoms with van der Waals surface area (Å²) < 4.78 is 17.5. The fraction of sp³-hybridized carbons (Fsp3) is 0.586. The van der Waals surface area contributed by atoms with Gasteiger partial charge in [-0.1, -0.05) is 26.8 Å². The highest BCUT2D eigenvalue weighted by atomic mass is 16.6. The molecule has 1 atom stereocenters. The lowest BCUT2D eigenvalue weighted by molar-refractivity contribution is -0.172. The van der Waals surface area contributed by atoms with Crippen LogP contribution in [0, 0.1) is 5.92 Å². The van der Waals surface area contributed by atoms with Gasteiger partial charge in [0.2, 0.25) is 0 Å². The van der Waals surface area contributed by atoms with E-state index in [1.165, 1.54) is 6.42 Å². The van der Waals surface area contributed by atoms with Crippen LogP contribution in [0.4, 0.5) is 10.6 Å². The molecular weight excluding hydrogens is 496 g/mol. The van der Waals surface area contributed by atoms with Crippen molar-refractivity contribution in [3.05, 3.63) is 42.5 Å². The first-order chi connectivity index (χ1) is 18.9. The van der Waals surface area contributed by atoms with Gasteiger partial charge in [-0.25, -0.2) is 14.3 Å². The van der Waals surface area contributed by atoms with Crippen LogP contribution in [0.3, 0.4) is 0 Å². The third-order valence-electron chi connectivity index (χ3n) is 7.86. The van der Waals surface area contributed by atoms with Gasteiger partial charge in [0.25, 0.3) is 0 Å². The van der Waals surface area contributed by atoms with Gasteiger partial charge in [-0.2, -0.15) is 5.10 Å². The molecule has 0 aromatic carbocycles. The Hall–Kier alpha value is -3.24. The second-order valence-corrected chi connectivity index (χ2v) is 11.0. The maximum atomic E-state index is 12.5. The molecule has 39 heavy (non-hydrogen) atoms. The first-order valence-corrected chi connectivity index (χ1v) is 14.1. The molecule has 3 aliphatic rings. The van der Waals surface area contributed by atoms with E-state index in [1.807, 2.05) is 37.6 Å². The van der Waals surface area contributed by atoms with Crippen molar-refractivity contribution in [2.24, 2.45) is 5.92 Å². The number of carbonyl (C=O) groups excluding carboxylic acids is 1. The van der Waals surface area contributed by atoms with Crippen molar-refractivity contribution in [1.29, 1.82) is 0 Å². The van der Waals surface area contributed by atoms with Crippen LogP contribution in [-0.2, 0) is 14.2 Å². The highest BCUT2D eigenvalue weighted by Gasteiger charge is 2.39. The average molecular weight is 537 g/mol. The predicted molar refractivity (Wildman–Crippen MR) is 149 cm³/mol. The van der Waals surface area contributed by atoms with Gasteiger partial charge in [0.05, 0.1) is 38.3 Å². The summed E-state index contributed by atoms with van der Waals surface area (Å²) in [6.45, 7) is 14.0. The van der Waals surface area contributed by atoms with Crippen LogP contribution in [0.25, 0.3) is 16.8 Å². The van der Waals surface area contributed by atoms with Crippen LogP contribution < -0.4 is 4.90 Å². The molecule has 10 nitrogen and oxygen atoms in total. The smallest absolute Gasteiger partial charge is 0.410 e. The summed E-state index contributed by atoms with van der Waals surface area (Å²) in [5.74, 6) is 2.12. The minimum atomic E-state index is -0.486. The third-order valence-corrected chi connectivity index (χ3v) is 7.86. The first-order valence-electron chi connectivity index (χ1n) is 14.1. The third kappa shape index (κ3) is 6.01. The van der Waals surface area contributed by atoms with Gasteiger partial charge in [-0.15, -0.1) is 0 Å². The topological polar surface area (TPSA) is 94.3 Å². The summed E-state index contributed by atoms with van der Waals surface area (Å²) in [4.78, 5) is 26.1. The summed E-state index contributed by atoms with van der Waals surface area (Å²) in [5.41, 5.74) is 3.45. The van der Waals surface area contributed by atoms with E-state index in [9.17, 15) is 4.79 Å². The number of carbonyl (C=O) groups is 1. The Morgan fingerprint density at radius 2 is 1.90 bits per heavy atom. The molecule has 3 aliphatic heterocycles. The summed E-state index contributed by atoms with van der Waals surface area (Å²) in [5, 5.41) is 4.52. The number of pyridine rings is 1. The number of aromatic nitrogens is 4. The Balaban J connectivity index is 0.000000455. The predicted octanol–water partition coefficient (Wildman–Crippen LogP) is 4.40. The standard InChI is InChI=1S/C24H30N6O3.C5H10O/c1-4-17(2)21-18(6-5-8-25-21)19-14-26-30-9-7-20(27-22(19)30)28-10-12-29(13-11-28)23(31)33-24(3)15-32-16-24;1-2-5-3-6-4-5/h5-9,14,17H,4,10-13,15-16H2,1-3H3;5H,2-4H2,1H3. The number of hydrogen-bond acceptors (Lipinski definition) is 8. The lowest BCUT2D eigenvalue weighted by Gasteiger charge is -2.40. The molecule has 3 aromatic heterocycles. The van der Waals surface area contributed by atoms with Crippen LogP contribution >= 0.6 is 0 Å². The average Bonchev–Trinajstić information content (AvgIpc) is 3.35. The van der Waals surface area contributed by atoms with E-state index in [2.05, 4.69) is 41.8 Å². The second kappa shape index (κ2) is 11.9. The zero-order valence-corrected chi connectivity index (χ0v) is 23.5.